The first-order valence-electron chi connectivity index (χ1n) is 4.96. The van der Waals surface area contributed by atoms with Crippen LogP contribution in [0.5, 0.6) is 0 Å². The van der Waals surface area contributed by atoms with Crippen molar-refractivity contribution in [1.29, 1.82) is 0 Å². The summed E-state index contributed by atoms with van der Waals surface area (Å²) in [6.45, 7) is 6.50. The maximum Gasteiger partial charge on any atom is 0.170 e. The summed E-state index contributed by atoms with van der Waals surface area (Å²) in [4.78, 5) is 8.81. The smallest absolute Gasteiger partial charge is 0.170 e. The summed E-state index contributed by atoms with van der Waals surface area (Å²) in [5, 5.41) is 1.17. The number of hydrogen-bond donors (Lipinski definition) is 0. The van der Waals surface area contributed by atoms with Crippen LogP contribution in [0.2, 0.25) is 0 Å². The van der Waals surface area contributed by atoms with E-state index in [-0.39, 0.29) is 0 Å². The molecule has 0 aromatic carbocycles. The topological polar surface area (TPSA) is 25.8 Å². The highest BCUT2D eigenvalue weighted by molar-refractivity contribution is 7.18. The van der Waals surface area contributed by atoms with Crippen molar-refractivity contribution in [2.75, 3.05) is 0 Å². The molecule has 2 heterocycles. The minimum absolute atomic E-state index is 0.541. The third-order valence-electron chi connectivity index (χ3n) is 2.28. The molecule has 2 rings (SSSR count). The second-order valence-corrected chi connectivity index (χ2v) is 4.82. The van der Waals surface area contributed by atoms with Crippen molar-refractivity contribution in [2.24, 2.45) is 0 Å². The highest BCUT2D eigenvalue weighted by Gasteiger charge is 2.06. The van der Waals surface area contributed by atoms with E-state index in [0.29, 0.717) is 5.92 Å². The third-order valence-corrected chi connectivity index (χ3v) is 3.42. The highest BCUT2D eigenvalue weighted by Crippen LogP contribution is 2.24. The molecule has 2 aromatic heterocycles. The molecule has 0 spiro atoms. The van der Waals surface area contributed by atoms with Crippen LogP contribution in [0.1, 0.15) is 37.3 Å². The summed E-state index contributed by atoms with van der Waals surface area (Å²) in [6.07, 6.45) is 2.93. The van der Waals surface area contributed by atoms with Gasteiger partial charge in [0.05, 0.1) is 9.71 Å². The number of pyridine rings is 1. The summed E-state index contributed by atoms with van der Waals surface area (Å²) in [5.74, 6) is 0.541. The lowest BCUT2D eigenvalue weighted by atomic mass is 10.1. The van der Waals surface area contributed by atoms with Gasteiger partial charge in [0.2, 0.25) is 0 Å². The first-order valence-corrected chi connectivity index (χ1v) is 5.77. The van der Waals surface area contributed by atoms with E-state index in [9.17, 15) is 0 Å². The minimum atomic E-state index is 0.541. The van der Waals surface area contributed by atoms with Gasteiger partial charge in [0.15, 0.2) is 5.65 Å². The fourth-order valence-electron chi connectivity index (χ4n) is 1.35. The first-order chi connectivity index (χ1) is 6.70. The van der Waals surface area contributed by atoms with Gasteiger partial charge in [0.1, 0.15) is 0 Å². The Bertz CT molecular complexity index is 445. The standard InChI is InChI=1S/C11H14N2S/c1-4-10-13-11-9(14-10)5-8(6-12-11)7(2)3/h5-7H,4H2,1-3H3. The zero-order valence-corrected chi connectivity index (χ0v) is 9.56. The van der Waals surface area contributed by atoms with Gasteiger partial charge in [-0.1, -0.05) is 20.8 Å². The lowest BCUT2D eigenvalue weighted by molar-refractivity contribution is 0.862. The first kappa shape index (κ1) is 9.59. The van der Waals surface area contributed by atoms with E-state index in [4.69, 9.17) is 0 Å². The van der Waals surface area contributed by atoms with Crippen molar-refractivity contribution in [2.45, 2.75) is 33.1 Å². The average Bonchev–Trinajstić information content (AvgIpc) is 2.58. The molecule has 0 aliphatic carbocycles. The van der Waals surface area contributed by atoms with Crippen LogP contribution < -0.4 is 0 Å². The van der Waals surface area contributed by atoms with Gasteiger partial charge in [-0.15, -0.1) is 11.3 Å². The van der Waals surface area contributed by atoms with Gasteiger partial charge in [0, 0.05) is 6.20 Å². The molecule has 0 saturated heterocycles. The molecule has 0 N–H and O–H groups in total. The van der Waals surface area contributed by atoms with Gasteiger partial charge >= 0.3 is 0 Å². The van der Waals surface area contributed by atoms with Crippen LogP contribution in [-0.2, 0) is 6.42 Å². The van der Waals surface area contributed by atoms with Gasteiger partial charge in [-0.25, -0.2) is 9.97 Å². The summed E-state index contributed by atoms with van der Waals surface area (Å²) >= 11 is 1.76. The molecule has 0 aliphatic heterocycles. The Morgan fingerprint density at radius 2 is 2.21 bits per heavy atom. The molecule has 0 amide bonds. The summed E-state index contributed by atoms with van der Waals surface area (Å²) in [5.41, 5.74) is 2.19. The third kappa shape index (κ3) is 1.64. The SMILES string of the molecule is CCc1nc2ncc(C(C)C)cc2s1. The van der Waals surface area contributed by atoms with Crippen LogP contribution in [0, 0.1) is 0 Å². The van der Waals surface area contributed by atoms with Gasteiger partial charge in [-0.2, -0.15) is 0 Å². The molecule has 0 unspecified atom stereocenters. The highest BCUT2D eigenvalue weighted by atomic mass is 32.1. The van der Waals surface area contributed by atoms with Crippen LogP contribution in [-0.4, -0.2) is 9.97 Å². The summed E-state index contributed by atoms with van der Waals surface area (Å²) in [6, 6.07) is 2.21. The van der Waals surface area contributed by atoms with E-state index < -0.39 is 0 Å². The summed E-state index contributed by atoms with van der Waals surface area (Å²) in [7, 11) is 0. The van der Waals surface area contributed by atoms with E-state index in [1.807, 2.05) is 6.20 Å². The average molecular weight is 206 g/mol. The van der Waals surface area contributed by atoms with Crippen LogP contribution in [0.3, 0.4) is 0 Å². The van der Waals surface area contributed by atoms with Crippen LogP contribution >= 0.6 is 11.3 Å². The molecule has 2 nitrogen and oxygen atoms in total. The van der Waals surface area contributed by atoms with Crippen molar-refractivity contribution in [3.8, 4) is 0 Å². The zero-order chi connectivity index (χ0) is 10.1. The Morgan fingerprint density at radius 1 is 1.43 bits per heavy atom. The Balaban J connectivity index is 2.54. The molecule has 0 saturated carbocycles. The lowest BCUT2D eigenvalue weighted by Gasteiger charge is -2.02. The lowest BCUT2D eigenvalue weighted by Crippen LogP contribution is -1.88. The monoisotopic (exact) mass is 206 g/mol. The molecule has 0 fully saturated rings. The van der Waals surface area contributed by atoms with Crippen molar-refractivity contribution < 1.29 is 0 Å². The Hall–Kier alpha value is -0.960. The number of aryl methyl sites for hydroxylation is 1. The quantitative estimate of drug-likeness (QED) is 0.752. The predicted octanol–water partition coefficient (Wildman–Crippen LogP) is 3.38. The van der Waals surface area contributed by atoms with E-state index in [1.165, 1.54) is 15.3 Å². The van der Waals surface area contributed by atoms with Crippen LogP contribution in [0.15, 0.2) is 12.3 Å². The number of thiazole rings is 1. The van der Waals surface area contributed by atoms with Crippen molar-refractivity contribution in [3.63, 3.8) is 0 Å². The second kappa shape index (κ2) is 3.65. The predicted molar refractivity (Wildman–Crippen MR) is 60.9 cm³/mol. The Labute approximate surface area is 88.0 Å². The molecule has 74 valence electrons. The maximum atomic E-state index is 4.44. The van der Waals surface area contributed by atoms with E-state index >= 15 is 0 Å². The summed E-state index contributed by atoms with van der Waals surface area (Å²) < 4.78 is 1.22. The molecule has 3 heteroatoms. The van der Waals surface area contributed by atoms with Gasteiger partial charge in [-0.3, -0.25) is 0 Å². The number of fused-ring (bicyclic) bond motifs is 1. The molecule has 0 aliphatic rings. The van der Waals surface area contributed by atoms with Gasteiger partial charge < -0.3 is 0 Å². The molecule has 2 aromatic rings. The molecule has 0 bridgehead atoms. The Morgan fingerprint density at radius 3 is 2.86 bits per heavy atom. The number of nitrogens with zero attached hydrogens (tertiary/aromatic N) is 2. The van der Waals surface area contributed by atoms with Gasteiger partial charge in [-0.05, 0) is 24.0 Å². The molecule has 0 atom stereocenters. The normalized spacial score (nSPS) is 11.4. The number of aromatic nitrogens is 2. The largest absolute Gasteiger partial charge is 0.236 e. The zero-order valence-electron chi connectivity index (χ0n) is 8.74. The minimum Gasteiger partial charge on any atom is -0.236 e. The van der Waals surface area contributed by atoms with E-state index in [1.54, 1.807) is 11.3 Å². The van der Waals surface area contributed by atoms with E-state index in [2.05, 4.69) is 36.8 Å². The maximum absolute atomic E-state index is 4.44. The van der Waals surface area contributed by atoms with Crippen molar-refractivity contribution >= 4 is 21.7 Å². The number of hydrogen-bond acceptors (Lipinski definition) is 3. The molecular formula is C11H14N2S. The van der Waals surface area contributed by atoms with Crippen molar-refractivity contribution in [3.05, 3.63) is 22.8 Å². The van der Waals surface area contributed by atoms with Crippen molar-refractivity contribution in [1.82, 2.24) is 9.97 Å². The van der Waals surface area contributed by atoms with Crippen LogP contribution in [0.4, 0.5) is 0 Å². The van der Waals surface area contributed by atoms with Crippen LogP contribution in [0.25, 0.3) is 10.3 Å². The molecule has 0 radical (unpaired) electrons. The molecule has 14 heavy (non-hydrogen) atoms. The second-order valence-electron chi connectivity index (χ2n) is 3.71. The fourth-order valence-corrected chi connectivity index (χ4v) is 2.26. The van der Waals surface area contributed by atoms with E-state index in [0.717, 1.165) is 12.1 Å². The Kier molecular flexibility index (Phi) is 2.50. The fraction of sp³-hybridized carbons (Fsp3) is 0.455. The van der Waals surface area contributed by atoms with Gasteiger partial charge in [0.25, 0.3) is 0 Å². The number of rotatable bonds is 2. The molecular weight excluding hydrogens is 192 g/mol.